The van der Waals surface area contributed by atoms with Crippen molar-refractivity contribution in [2.45, 2.75) is 79.4 Å². The molecule has 186 valence electrons. The number of esters is 3. The van der Waals surface area contributed by atoms with Gasteiger partial charge in [0, 0.05) is 25.7 Å². The molecule has 1 aliphatic rings. The molecule has 2 unspecified atom stereocenters. The van der Waals surface area contributed by atoms with Crippen LogP contribution in [0.5, 0.6) is 11.5 Å². The fraction of sp³-hybridized carbons (Fsp3) is 0.519. The highest BCUT2D eigenvalue weighted by molar-refractivity contribution is 5.90. The maximum absolute atomic E-state index is 13.0. The number of carbonyl (C=O) groups is 3. The van der Waals surface area contributed by atoms with Gasteiger partial charge in [-0.05, 0) is 63.0 Å². The lowest BCUT2D eigenvalue weighted by Gasteiger charge is -2.32. The number of benzene rings is 1. The van der Waals surface area contributed by atoms with Crippen LogP contribution in [0.4, 0.5) is 0 Å². The molecule has 1 aromatic rings. The largest absolute Gasteiger partial charge is 0.493 e. The zero-order valence-electron chi connectivity index (χ0n) is 21.2. The van der Waals surface area contributed by atoms with Crippen molar-refractivity contribution < 1.29 is 33.3 Å². The first kappa shape index (κ1) is 27.2. The summed E-state index contributed by atoms with van der Waals surface area (Å²) in [6, 6.07) is 4.51. The molecule has 0 aliphatic heterocycles. The Morgan fingerprint density at radius 3 is 2.32 bits per heavy atom. The number of hydrogen-bond donors (Lipinski definition) is 0. The maximum Gasteiger partial charge on any atom is 0.338 e. The quantitative estimate of drug-likeness (QED) is 0.314. The summed E-state index contributed by atoms with van der Waals surface area (Å²) in [7, 11) is 1.43. The molecule has 0 saturated carbocycles. The first-order chi connectivity index (χ1) is 15.9. The van der Waals surface area contributed by atoms with Gasteiger partial charge in [0.05, 0.1) is 12.7 Å². The molecule has 0 amide bonds. The van der Waals surface area contributed by atoms with Gasteiger partial charge in [0.2, 0.25) is 0 Å². The second-order valence-corrected chi connectivity index (χ2v) is 9.42. The summed E-state index contributed by atoms with van der Waals surface area (Å²) in [6.45, 7) is 10.8. The third-order valence-corrected chi connectivity index (χ3v) is 5.96. The van der Waals surface area contributed by atoms with Crippen LogP contribution in [0.2, 0.25) is 0 Å². The Bertz CT molecular complexity index is 971. The smallest absolute Gasteiger partial charge is 0.338 e. The molecule has 1 aromatic carbocycles. The fourth-order valence-electron chi connectivity index (χ4n) is 3.88. The van der Waals surface area contributed by atoms with Crippen molar-refractivity contribution >= 4 is 17.9 Å². The minimum absolute atomic E-state index is 0.225. The topological polar surface area (TPSA) is 88.1 Å². The van der Waals surface area contributed by atoms with E-state index in [0.717, 1.165) is 24.8 Å². The van der Waals surface area contributed by atoms with Crippen LogP contribution < -0.4 is 9.47 Å². The first-order valence-electron chi connectivity index (χ1n) is 11.5. The Kier molecular flexibility index (Phi) is 9.47. The van der Waals surface area contributed by atoms with Gasteiger partial charge in [-0.25, -0.2) is 4.79 Å². The lowest BCUT2D eigenvalue weighted by atomic mass is 9.80. The zero-order valence-corrected chi connectivity index (χ0v) is 21.2. The van der Waals surface area contributed by atoms with E-state index >= 15 is 0 Å². The number of hydrogen-bond acceptors (Lipinski definition) is 7. The number of carbonyl (C=O) groups excluding carboxylic acids is 3. The van der Waals surface area contributed by atoms with E-state index in [0.29, 0.717) is 6.42 Å². The van der Waals surface area contributed by atoms with Crippen molar-refractivity contribution in [3.63, 3.8) is 0 Å². The Morgan fingerprint density at radius 2 is 1.71 bits per heavy atom. The van der Waals surface area contributed by atoms with Crippen molar-refractivity contribution in [3.05, 3.63) is 47.1 Å². The third kappa shape index (κ3) is 7.75. The summed E-state index contributed by atoms with van der Waals surface area (Å²) < 4.78 is 21.9. The normalized spacial score (nSPS) is 23.7. The maximum atomic E-state index is 13.0. The minimum Gasteiger partial charge on any atom is -0.493 e. The monoisotopic (exact) mass is 472 g/mol. The van der Waals surface area contributed by atoms with Crippen LogP contribution in [-0.2, 0) is 19.1 Å². The molecule has 0 saturated heterocycles. The molecular weight excluding hydrogens is 436 g/mol. The SMILES string of the molecule is COc1cc(C(=O)OC2C/C=C(\C)CCCC(C)(C)C(OC(C)=O)/C=C/2C)ccc1OC(C)=O. The van der Waals surface area contributed by atoms with Crippen molar-refractivity contribution in [3.8, 4) is 11.5 Å². The van der Waals surface area contributed by atoms with Gasteiger partial charge in [-0.3, -0.25) is 9.59 Å². The molecule has 7 nitrogen and oxygen atoms in total. The third-order valence-electron chi connectivity index (χ3n) is 5.96. The summed E-state index contributed by atoms with van der Waals surface area (Å²) in [4.78, 5) is 36.1. The number of methoxy groups -OCH3 is 1. The van der Waals surface area contributed by atoms with E-state index < -0.39 is 24.1 Å². The lowest BCUT2D eigenvalue weighted by molar-refractivity contribution is -0.149. The van der Waals surface area contributed by atoms with Crippen molar-refractivity contribution in [2.24, 2.45) is 5.41 Å². The second kappa shape index (κ2) is 11.9. The second-order valence-electron chi connectivity index (χ2n) is 9.42. The fourth-order valence-corrected chi connectivity index (χ4v) is 3.88. The summed E-state index contributed by atoms with van der Waals surface area (Å²) in [5, 5.41) is 0. The van der Waals surface area contributed by atoms with Gasteiger partial charge >= 0.3 is 17.9 Å². The molecule has 0 aromatic heterocycles. The van der Waals surface area contributed by atoms with E-state index in [1.165, 1.54) is 44.7 Å². The molecule has 0 fully saturated rings. The van der Waals surface area contributed by atoms with Gasteiger partial charge in [0.25, 0.3) is 0 Å². The molecule has 2 rings (SSSR count). The van der Waals surface area contributed by atoms with Crippen LogP contribution in [0.25, 0.3) is 0 Å². The first-order valence-corrected chi connectivity index (χ1v) is 11.5. The molecule has 0 N–H and O–H groups in total. The Balaban J connectivity index is 2.36. The molecule has 1 aliphatic carbocycles. The molecular formula is C27H36O7. The molecule has 0 radical (unpaired) electrons. The summed E-state index contributed by atoms with van der Waals surface area (Å²) in [6.07, 6.45) is 6.32. The molecule has 0 heterocycles. The standard InChI is InChI=1S/C27H36O7/c1-17-9-8-14-27(5,6)25(33-20(4)29)15-18(2)22(12-10-17)34-26(30)21-11-13-23(32-19(3)28)24(16-21)31-7/h10-11,13,15-16,22,25H,8-9,12,14H2,1-7H3/b17-10+,18-15+. The highest BCUT2D eigenvalue weighted by Gasteiger charge is 2.32. The molecule has 34 heavy (non-hydrogen) atoms. The van der Waals surface area contributed by atoms with E-state index in [1.54, 1.807) is 0 Å². The predicted molar refractivity (Wildman–Crippen MR) is 129 cm³/mol. The van der Waals surface area contributed by atoms with E-state index in [4.69, 9.17) is 18.9 Å². The van der Waals surface area contributed by atoms with Crippen molar-refractivity contribution in [2.75, 3.05) is 7.11 Å². The summed E-state index contributed by atoms with van der Waals surface area (Å²) >= 11 is 0. The number of allylic oxidation sites excluding steroid dienone is 1. The molecule has 7 heteroatoms. The van der Waals surface area contributed by atoms with Gasteiger partial charge in [-0.15, -0.1) is 0 Å². The zero-order chi connectivity index (χ0) is 25.5. The van der Waals surface area contributed by atoms with E-state index in [-0.39, 0.29) is 28.4 Å². The molecule has 0 bridgehead atoms. The number of rotatable bonds is 5. The lowest BCUT2D eigenvalue weighted by Crippen LogP contribution is -2.33. The highest BCUT2D eigenvalue weighted by atomic mass is 16.6. The van der Waals surface area contributed by atoms with Gasteiger partial charge in [0.15, 0.2) is 11.5 Å². The van der Waals surface area contributed by atoms with Gasteiger partial charge < -0.3 is 18.9 Å². The Hall–Kier alpha value is -3.09. The van der Waals surface area contributed by atoms with Crippen LogP contribution in [0.15, 0.2) is 41.5 Å². The average Bonchev–Trinajstić information content (AvgIpc) is 2.76. The summed E-state index contributed by atoms with van der Waals surface area (Å²) in [5.74, 6) is -0.886. The minimum atomic E-state index is -0.534. The van der Waals surface area contributed by atoms with Crippen LogP contribution in [0, 0.1) is 5.41 Å². The Labute approximate surface area is 202 Å². The van der Waals surface area contributed by atoms with E-state index in [9.17, 15) is 14.4 Å². The van der Waals surface area contributed by atoms with Gasteiger partial charge in [-0.2, -0.15) is 0 Å². The molecule has 2 atom stereocenters. The van der Waals surface area contributed by atoms with Crippen molar-refractivity contribution in [1.29, 1.82) is 0 Å². The van der Waals surface area contributed by atoms with Gasteiger partial charge in [0.1, 0.15) is 12.2 Å². The van der Waals surface area contributed by atoms with Crippen LogP contribution in [0.1, 0.15) is 77.6 Å². The van der Waals surface area contributed by atoms with Crippen LogP contribution in [-0.4, -0.2) is 37.2 Å². The van der Waals surface area contributed by atoms with Crippen LogP contribution >= 0.6 is 0 Å². The molecule has 0 spiro atoms. The highest BCUT2D eigenvalue weighted by Crippen LogP contribution is 2.34. The number of ether oxygens (including phenoxy) is 4. The van der Waals surface area contributed by atoms with Crippen LogP contribution in [0.3, 0.4) is 0 Å². The average molecular weight is 473 g/mol. The van der Waals surface area contributed by atoms with E-state index in [2.05, 4.69) is 26.8 Å². The predicted octanol–water partition coefficient (Wildman–Crippen LogP) is 5.57. The Morgan fingerprint density at radius 1 is 1.00 bits per heavy atom. The summed E-state index contributed by atoms with van der Waals surface area (Å²) in [5.41, 5.74) is 2.03. The van der Waals surface area contributed by atoms with Crippen molar-refractivity contribution in [1.82, 2.24) is 0 Å². The van der Waals surface area contributed by atoms with Gasteiger partial charge in [-0.1, -0.05) is 25.5 Å². The van der Waals surface area contributed by atoms with E-state index in [1.807, 2.05) is 13.0 Å².